The molecule has 0 aliphatic heterocycles. The SMILES string of the molecule is N#Cc1n[nH]nc1-c1ccn(-c2ccc(Cl)cc2)n1. The molecule has 2 heterocycles. The Morgan fingerprint density at radius 3 is 2.68 bits per heavy atom. The average molecular weight is 271 g/mol. The first-order valence-electron chi connectivity index (χ1n) is 5.41. The van der Waals surface area contributed by atoms with Crippen molar-refractivity contribution in [1.29, 1.82) is 5.26 Å². The van der Waals surface area contributed by atoms with E-state index in [1.54, 1.807) is 29.1 Å². The molecule has 19 heavy (non-hydrogen) atoms. The van der Waals surface area contributed by atoms with Crippen molar-refractivity contribution in [2.45, 2.75) is 0 Å². The van der Waals surface area contributed by atoms with Crippen molar-refractivity contribution in [3.63, 3.8) is 0 Å². The molecule has 6 nitrogen and oxygen atoms in total. The molecule has 0 aliphatic rings. The second-order valence-electron chi connectivity index (χ2n) is 3.75. The van der Waals surface area contributed by atoms with Crippen LogP contribution in [0.2, 0.25) is 5.02 Å². The molecule has 0 atom stereocenters. The van der Waals surface area contributed by atoms with E-state index in [9.17, 15) is 0 Å². The molecule has 2 aromatic heterocycles. The Hall–Kier alpha value is -2.65. The second-order valence-corrected chi connectivity index (χ2v) is 4.19. The molecule has 0 amide bonds. The topological polar surface area (TPSA) is 83.2 Å². The second kappa shape index (κ2) is 4.55. The van der Waals surface area contributed by atoms with E-state index < -0.39 is 0 Å². The van der Waals surface area contributed by atoms with Gasteiger partial charge in [-0.3, -0.25) is 0 Å². The van der Waals surface area contributed by atoms with Gasteiger partial charge in [-0.15, -0.1) is 5.10 Å². The Morgan fingerprint density at radius 1 is 1.16 bits per heavy atom. The van der Waals surface area contributed by atoms with Crippen molar-refractivity contribution in [3.05, 3.63) is 47.2 Å². The van der Waals surface area contributed by atoms with Gasteiger partial charge in [-0.1, -0.05) is 11.6 Å². The van der Waals surface area contributed by atoms with Gasteiger partial charge >= 0.3 is 0 Å². The van der Waals surface area contributed by atoms with Crippen molar-refractivity contribution in [2.24, 2.45) is 0 Å². The first-order chi connectivity index (χ1) is 9.28. The number of nitrogens with one attached hydrogen (secondary N) is 1. The zero-order valence-electron chi connectivity index (χ0n) is 9.58. The quantitative estimate of drug-likeness (QED) is 0.774. The number of aromatic nitrogens is 5. The highest BCUT2D eigenvalue weighted by atomic mass is 35.5. The monoisotopic (exact) mass is 270 g/mol. The normalized spacial score (nSPS) is 10.3. The van der Waals surface area contributed by atoms with Crippen LogP contribution in [0.4, 0.5) is 0 Å². The zero-order chi connectivity index (χ0) is 13.2. The van der Waals surface area contributed by atoms with Gasteiger partial charge in [-0.2, -0.15) is 20.7 Å². The van der Waals surface area contributed by atoms with Gasteiger partial charge in [-0.25, -0.2) is 4.68 Å². The molecule has 0 aliphatic carbocycles. The lowest BCUT2D eigenvalue weighted by Gasteiger charge is -2.00. The lowest BCUT2D eigenvalue weighted by molar-refractivity contribution is 0.880. The number of aromatic amines is 1. The van der Waals surface area contributed by atoms with Crippen LogP contribution in [0.3, 0.4) is 0 Å². The number of hydrogen-bond donors (Lipinski definition) is 1. The molecule has 7 heteroatoms. The number of nitrogens with zero attached hydrogens (tertiary/aromatic N) is 5. The van der Waals surface area contributed by atoms with Crippen LogP contribution >= 0.6 is 11.6 Å². The lowest BCUT2D eigenvalue weighted by Crippen LogP contribution is -1.94. The number of rotatable bonds is 2. The number of nitriles is 1. The van der Waals surface area contributed by atoms with E-state index >= 15 is 0 Å². The van der Waals surface area contributed by atoms with E-state index in [1.165, 1.54) is 0 Å². The minimum absolute atomic E-state index is 0.223. The Kier molecular flexibility index (Phi) is 2.74. The Balaban J connectivity index is 2.00. The van der Waals surface area contributed by atoms with Crippen molar-refractivity contribution in [1.82, 2.24) is 25.2 Å². The van der Waals surface area contributed by atoms with Gasteiger partial charge in [0.2, 0.25) is 0 Å². The number of hydrogen-bond acceptors (Lipinski definition) is 4. The van der Waals surface area contributed by atoms with Crippen LogP contribution in [0.1, 0.15) is 5.69 Å². The van der Waals surface area contributed by atoms with Gasteiger partial charge in [0.15, 0.2) is 11.4 Å². The van der Waals surface area contributed by atoms with Crippen LogP contribution < -0.4 is 0 Å². The summed E-state index contributed by atoms with van der Waals surface area (Å²) in [6.07, 6.45) is 1.79. The van der Waals surface area contributed by atoms with Gasteiger partial charge in [0, 0.05) is 11.2 Å². The maximum Gasteiger partial charge on any atom is 0.192 e. The van der Waals surface area contributed by atoms with E-state index in [-0.39, 0.29) is 5.69 Å². The predicted molar refractivity (Wildman–Crippen MR) is 68.7 cm³/mol. The fourth-order valence-electron chi connectivity index (χ4n) is 1.68. The summed E-state index contributed by atoms with van der Waals surface area (Å²) in [5.41, 5.74) is 2.12. The molecule has 0 fully saturated rings. The third-order valence-electron chi connectivity index (χ3n) is 2.58. The van der Waals surface area contributed by atoms with Crippen LogP contribution in [0.25, 0.3) is 17.1 Å². The van der Waals surface area contributed by atoms with Crippen LogP contribution in [0, 0.1) is 11.3 Å². The Labute approximate surface area is 113 Å². The van der Waals surface area contributed by atoms with Crippen molar-refractivity contribution >= 4 is 11.6 Å². The van der Waals surface area contributed by atoms with Crippen molar-refractivity contribution < 1.29 is 0 Å². The Bertz CT molecular complexity index is 749. The summed E-state index contributed by atoms with van der Waals surface area (Å²) in [7, 11) is 0. The number of H-pyrrole nitrogens is 1. The largest absolute Gasteiger partial charge is 0.240 e. The first kappa shape index (κ1) is 11.4. The van der Waals surface area contributed by atoms with E-state index in [2.05, 4.69) is 20.5 Å². The number of benzene rings is 1. The summed E-state index contributed by atoms with van der Waals surface area (Å²) in [4.78, 5) is 0. The summed E-state index contributed by atoms with van der Waals surface area (Å²) >= 11 is 5.84. The van der Waals surface area contributed by atoms with Crippen LogP contribution in [0.15, 0.2) is 36.5 Å². The van der Waals surface area contributed by atoms with E-state index in [0.29, 0.717) is 16.4 Å². The number of halogens is 1. The first-order valence-corrected chi connectivity index (χ1v) is 5.78. The molecule has 1 N–H and O–H groups in total. The molecule has 0 saturated carbocycles. The minimum Gasteiger partial charge on any atom is -0.240 e. The molecule has 0 spiro atoms. The summed E-state index contributed by atoms with van der Waals surface area (Å²) < 4.78 is 1.68. The van der Waals surface area contributed by atoms with Crippen LogP contribution in [-0.4, -0.2) is 25.2 Å². The van der Waals surface area contributed by atoms with Gasteiger partial charge in [0.05, 0.1) is 5.69 Å². The summed E-state index contributed by atoms with van der Waals surface area (Å²) in [5, 5.41) is 24.0. The molecule has 3 aromatic rings. The summed E-state index contributed by atoms with van der Waals surface area (Å²) in [5.74, 6) is 0. The highest BCUT2D eigenvalue weighted by Crippen LogP contribution is 2.19. The fourth-order valence-corrected chi connectivity index (χ4v) is 1.80. The van der Waals surface area contributed by atoms with Crippen molar-refractivity contribution in [2.75, 3.05) is 0 Å². The standard InChI is InChI=1S/C12H7ClN6/c13-8-1-3-9(4-2-8)19-6-5-10(17-19)12-11(7-14)15-18-16-12/h1-6H,(H,15,16,18). The molecule has 1 aromatic carbocycles. The lowest BCUT2D eigenvalue weighted by atomic mass is 10.3. The fraction of sp³-hybridized carbons (Fsp3) is 0. The molecular formula is C12H7ClN6. The van der Waals surface area contributed by atoms with Crippen LogP contribution in [-0.2, 0) is 0 Å². The molecule has 0 saturated heterocycles. The molecule has 92 valence electrons. The van der Waals surface area contributed by atoms with Gasteiger partial charge < -0.3 is 0 Å². The maximum absolute atomic E-state index is 8.90. The average Bonchev–Trinajstić information content (AvgIpc) is 3.07. The highest BCUT2D eigenvalue weighted by molar-refractivity contribution is 6.30. The Morgan fingerprint density at radius 2 is 1.95 bits per heavy atom. The highest BCUT2D eigenvalue weighted by Gasteiger charge is 2.12. The van der Waals surface area contributed by atoms with Gasteiger partial charge in [-0.05, 0) is 30.3 Å². The minimum atomic E-state index is 0.223. The smallest absolute Gasteiger partial charge is 0.192 e. The molecular weight excluding hydrogens is 264 g/mol. The predicted octanol–water partition coefficient (Wildman–Crippen LogP) is 2.18. The zero-order valence-corrected chi connectivity index (χ0v) is 10.3. The molecule has 0 bridgehead atoms. The summed E-state index contributed by atoms with van der Waals surface area (Å²) in [6.45, 7) is 0. The van der Waals surface area contributed by atoms with Gasteiger partial charge in [0.1, 0.15) is 11.8 Å². The summed E-state index contributed by atoms with van der Waals surface area (Å²) in [6, 6.07) is 11.0. The molecule has 0 radical (unpaired) electrons. The molecule has 0 unspecified atom stereocenters. The van der Waals surface area contributed by atoms with Gasteiger partial charge in [0.25, 0.3) is 0 Å². The maximum atomic E-state index is 8.90. The van der Waals surface area contributed by atoms with Crippen LogP contribution in [0.5, 0.6) is 0 Å². The van der Waals surface area contributed by atoms with E-state index in [0.717, 1.165) is 5.69 Å². The van der Waals surface area contributed by atoms with Crippen molar-refractivity contribution in [3.8, 4) is 23.1 Å². The molecule has 3 rings (SSSR count). The third-order valence-corrected chi connectivity index (χ3v) is 2.83. The van der Waals surface area contributed by atoms with E-state index in [4.69, 9.17) is 16.9 Å². The third kappa shape index (κ3) is 2.07. The van der Waals surface area contributed by atoms with E-state index in [1.807, 2.05) is 18.2 Å².